The van der Waals surface area contributed by atoms with Crippen LogP contribution in [0.1, 0.15) is 38.8 Å². The molecule has 0 bridgehead atoms. The molecule has 2 aromatic rings. The van der Waals surface area contributed by atoms with Crippen LogP contribution in [0.25, 0.3) is 0 Å². The molecule has 0 unspecified atom stereocenters. The number of halogens is 2. The summed E-state index contributed by atoms with van der Waals surface area (Å²) >= 11 is 0. The minimum Gasteiger partial charge on any atom is -0.494 e. The van der Waals surface area contributed by atoms with Gasteiger partial charge in [-0.3, -0.25) is 0 Å². The van der Waals surface area contributed by atoms with E-state index >= 15 is 0 Å². The third kappa shape index (κ3) is 2.97. The predicted molar refractivity (Wildman–Crippen MR) is 92.0 cm³/mol. The van der Waals surface area contributed by atoms with Crippen LogP contribution in [-0.4, -0.2) is 14.2 Å². The van der Waals surface area contributed by atoms with Crippen molar-refractivity contribution < 1.29 is 18.3 Å². The third-order valence-corrected chi connectivity index (χ3v) is 5.31. The van der Waals surface area contributed by atoms with Gasteiger partial charge < -0.3 is 9.47 Å². The Labute approximate surface area is 142 Å². The lowest BCUT2D eigenvalue weighted by molar-refractivity contribution is 0.298. The summed E-state index contributed by atoms with van der Waals surface area (Å²) in [6.07, 6.45) is 0. The zero-order valence-corrected chi connectivity index (χ0v) is 15.0. The van der Waals surface area contributed by atoms with Gasteiger partial charge in [0.15, 0.2) is 23.1 Å². The topological polar surface area (TPSA) is 18.5 Å². The second kappa shape index (κ2) is 6.42. The molecular formula is C20H24F2O2. The van der Waals surface area contributed by atoms with Crippen molar-refractivity contribution in [2.24, 2.45) is 0 Å². The first kappa shape index (κ1) is 18.2. The Morgan fingerprint density at radius 3 is 1.29 bits per heavy atom. The lowest BCUT2D eigenvalue weighted by Gasteiger charge is -2.43. The number of ether oxygens (including phenoxy) is 2. The van der Waals surface area contributed by atoms with E-state index in [1.54, 1.807) is 24.3 Å². The first-order valence-corrected chi connectivity index (χ1v) is 7.83. The normalized spacial score (nSPS) is 12.2. The minimum atomic E-state index is -0.390. The fourth-order valence-corrected chi connectivity index (χ4v) is 2.82. The number of rotatable bonds is 5. The fourth-order valence-electron chi connectivity index (χ4n) is 2.82. The smallest absolute Gasteiger partial charge is 0.165 e. The summed E-state index contributed by atoms with van der Waals surface area (Å²) in [4.78, 5) is 0. The van der Waals surface area contributed by atoms with Gasteiger partial charge in [0.2, 0.25) is 0 Å². The standard InChI is InChI=1S/C20H24F2O2/c1-19(2,13-7-9-15(21)17(11-13)23-5)20(3,4)14-8-10-16(22)18(12-14)24-6/h7-12H,1-6H3. The summed E-state index contributed by atoms with van der Waals surface area (Å²) < 4.78 is 37.7. The van der Waals surface area contributed by atoms with E-state index in [1.165, 1.54) is 26.4 Å². The Hall–Kier alpha value is -2.10. The number of methoxy groups -OCH3 is 2. The second-order valence-electron chi connectivity index (χ2n) is 6.95. The number of hydrogen-bond donors (Lipinski definition) is 0. The predicted octanol–water partition coefficient (Wildman–Crippen LogP) is 5.24. The van der Waals surface area contributed by atoms with Crippen LogP contribution in [0.15, 0.2) is 36.4 Å². The monoisotopic (exact) mass is 334 g/mol. The summed E-state index contributed by atoms with van der Waals surface area (Å²) in [7, 11) is 2.90. The highest BCUT2D eigenvalue weighted by Crippen LogP contribution is 2.45. The highest BCUT2D eigenvalue weighted by Gasteiger charge is 2.40. The van der Waals surface area contributed by atoms with E-state index in [9.17, 15) is 8.78 Å². The second-order valence-corrected chi connectivity index (χ2v) is 6.95. The number of hydrogen-bond acceptors (Lipinski definition) is 2. The molecule has 0 aliphatic carbocycles. The van der Waals surface area contributed by atoms with Crippen molar-refractivity contribution in [3.8, 4) is 11.5 Å². The van der Waals surface area contributed by atoms with E-state index < -0.39 is 11.6 Å². The van der Waals surface area contributed by atoms with Crippen molar-refractivity contribution in [3.63, 3.8) is 0 Å². The molecule has 0 saturated carbocycles. The molecular weight excluding hydrogens is 310 g/mol. The van der Waals surface area contributed by atoms with Gasteiger partial charge in [0.1, 0.15) is 0 Å². The quantitative estimate of drug-likeness (QED) is 0.745. The van der Waals surface area contributed by atoms with Gasteiger partial charge in [0, 0.05) is 0 Å². The van der Waals surface area contributed by atoms with Gasteiger partial charge in [-0.05, 0) is 46.2 Å². The molecule has 0 aliphatic heterocycles. The summed E-state index contributed by atoms with van der Waals surface area (Å²) in [5, 5.41) is 0. The maximum Gasteiger partial charge on any atom is 0.165 e. The van der Waals surface area contributed by atoms with Crippen LogP contribution in [0.4, 0.5) is 8.78 Å². The molecule has 0 amide bonds. The van der Waals surface area contributed by atoms with Crippen LogP contribution in [0.3, 0.4) is 0 Å². The molecule has 2 nitrogen and oxygen atoms in total. The van der Waals surface area contributed by atoms with Crippen LogP contribution in [0.2, 0.25) is 0 Å². The van der Waals surface area contributed by atoms with Crippen LogP contribution >= 0.6 is 0 Å². The van der Waals surface area contributed by atoms with Crippen LogP contribution in [-0.2, 0) is 10.8 Å². The van der Waals surface area contributed by atoms with Crippen LogP contribution in [0, 0.1) is 11.6 Å². The Morgan fingerprint density at radius 2 is 1.00 bits per heavy atom. The van der Waals surface area contributed by atoms with Crippen molar-refractivity contribution in [3.05, 3.63) is 59.2 Å². The van der Waals surface area contributed by atoms with Gasteiger partial charge in [0.25, 0.3) is 0 Å². The Balaban J connectivity index is 2.53. The van der Waals surface area contributed by atoms with Crippen molar-refractivity contribution in [2.45, 2.75) is 38.5 Å². The highest BCUT2D eigenvalue weighted by atomic mass is 19.1. The summed E-state index contributed by atoms with van der Waals surface area (Å²) in [6.45, 7) is 8.32. The zero-order valence-electron chi connectivity index (χ0n) is 15.0. The van der Waals surface area contributed by atoms with Gasteiger partial charge in [-0.1, -0.05) is 39.8 Å². The van der Waals surface area contributed by atoms with Crippen molar-refractivity contribution in [1.29, 1.82) is 0 Å². The summed E-state index contributed by atoms with van der Waals surface area (Å²) in [6, 6.07) is 9.80. The SMILES string of the molecule is COc1cc(C(C)(C)C(C)(C)c2ccc(F)c(OC)c2)ccc1F. The van der Waals surface area contributed by atoms with Gasteiger partial charge in [0.05, 0.1) is 14.2 Å². The molecule has 2 rings (SSSR count). The Bertz CT molecular complexity index is 673. The first-order valence-electron chi connectivity index (χ1n) is 7.83. The van der Waals surface area contributed by atoms with E-state index in [2.05, 4.69) is 27.7 Å². The molecule has 4 heteroatoms. The molecule has 0 aliphatic rings. The molecule has 24 heavy (non-hydrogen) atoms. The van der Waals surface area contributed by atoms with Gasteiger partial charge in [-0.2, -0.15) is 0 Å². The Morgan fingerprint density at radius 1 is 0.667 bits per heavy atom. The molecule has 0 fully saturated rings. The molecule has 0 heterocycles. The van der Waals surface area contributed by atoms with Crippen LogP contribution in [0.5, 0.6) is 11.5 Å². The van der Waals surface area contributed by atoms with E-state index in [0.717, 1.165) is 11.1 Å². The fraction of sp³-hybridized carbons (Fsp3) is 0.400. The average molecular weight is 334 g/mol. The van der Waals surface area contributed by atoms with Gasteiger partial charge in [-0.15, -0.1) is 0 Å². The largest absolute Gasteiger partial charge is 0.494 e. The molecule has 0 spiro atoms. The molecule has 0 N–H and O–H groups in total. The van der Waals surface area contributed by atoms with Gasteiger partial charge in [-0.25, -0.2) is 8.78 Å². The third-order valence-electron chi connectivity index (χ3n) is 5.31. The van der Waals surface area contributed by atoms with E-state index in [-0.39, 0.29) is 22.3 Å². The van der Waals surface area contributed by atoms with Crippen molar-refractivity contribution >= 4 is 0 Å². The lowest BCUT2D eigenvalue weighted by Crippen LogP contribution is -2.40. The highest BCUT2D eigenvalue weighted by molar-refractivity contribution is 5.42. The van der Waals surface area contributed by atoms with Crippen molar-refractivity contribution in [2.75, 3.05) is 14.2 Å². The summed E-state index contributed by atoms with van der Waals surface area (Å²) in [5.74, 6) is -0.349. The maximum atomic E-state index is 13.7. The van der Waals surface area contributed by atoms with E-state index in [0.29, 0.717) is 0 Å². The molecule has 0 saturated heterocycles. The molecule has 0 aromatic heterocycles. The maximum absolute atomic E-state index is 13.7. The average Bonchev–Trinajstić information content (AvgIpc) is 2.55. The van der Waals surface area contributed by atoms with Crippen molar-refractivity contribution in [1.82, 2.24) is 0 Å². The number of benzene rings is 2. The molecule has 0 atom stereocenters. The molecule has 0 radical (unpaired) electrons. The Kier molecular flexibility index (Phi) is 4.88. The van der Waals surface area contributed by atoms with E-state index in [4.69, 9.17) is 9.47 Å². The van der Waals surface area contributed by atoms with Gasteiger partial charge >= 0.3 is 0 Å². The zero-order chi connectivity index (χ0) is 18.1. The molecule has 2 aromatic carbocycles. The minimum absolute atomic E-state index is 0.216. The lowest BCUT2D eigenvalue weighted by atomic mass is 9.61. The first-order chi connectivity index (χ1) is 11.1. The van der Waals surface area contributed by atoms with Crippen LogP contribution < -0.4 is 9.47 Å². The summed E-state index contributed by atoms with van der Waals surface area (Å²) in [5.41, 5.74) is 1.15. The molecule has 130 valence electrons. The van der Waals surface area contributed by atoms with E-state index in [1.807, 2.05) is 0 Å².